The topological polar surface area (TPSA) is 53.3 Å². The highest BCUT2D eigenvalue weighted by Crippen LogP contribution is 2.46. The van der Waals surface area contributed by atoms with Crippen molar-refractivity contribution in [1.82, 2.24) is 24.6 Å². The second kappa shape index (κ2) is 9.75. The third-order valence-electron chi connectivity index (χ3n) is 8.82. The molecule has 0 unspecified atom stereocenters. The van der Waals surface area contributed by atoms with Gasteiger partial charge in [-0.15, -0.1) is 0 Å². The molecule has 0 bridgehead atoms. The Morgan fingerprint density at radius 1 is 0.600 bits per heavy atom. The van der Waals surface area contributed by atoms with Crippen molar-refractivity contribution in [2.75, 3.05) is 49.1 Å². The van der Waals surface area contributed by atoms with Crippen molar-refractivity contribution in [1.29, 1.82) is 0 Å². The zero-order valence-electron chi connectivity index (χ0n) is 22.7. The molecule has 0 N–H and O–H groups in total. The van der Waals surface area contributed by atoms with E-state index in [9.17, 15) is 0 Å². The molecule has 2 fully saturated rings. The van der Waals surface area contributed by atoms with Crippen LogP contribution in [-0.2, 0) is 0 Å². The van der Waals surface area contributed by atoms with E-state index in [0.29, 0.717) is 6.04 Å². The molecule has 7 nitrogen and oxygen atoms in total. The summed E-state index contributed by atoms with van der Waals surface area (Å²) in [6.45, 7) is 5.82. The smallest absolute Gasteiger partial charge is 0.229 e. The second-order valence-corrected chi connectivity index (χ2v) is 11.1. The summed E-state index contributed by atoms with van der Waals surface area (Å²) in [5, 5.41) is 5.82. The number of aromatic nitrogens is 4. The molecule has 0 radical (unpaired) electrons. The summed E-state index contributed by atoms with van der Waals surface area (Å²) in [5.41, 5.74) is 7.52. The molecule has 1 aliphatic carbocycles. The van der Waals surface area contributed by atoms with Crippen LogP contribution in [0.2, 0.25) is 0 Å². The molecule has 7 heteroatoms. The Morgan fingerprint density at radius 2 is 1.25 bits per heavy atom. The number of piperidine rings is 1. The number of fused-ring (bicyclic) bond motifs is 4. The highest BCUT2D eigenvalue weighted by Gasteiger charge is 2.35. The molecule has 0 amide bonds. The van der Waals surface area contributed by atoms with E-state index in [1.807, 2.05) is 16.9 Å². The van der Waals surface area contributed by atoms with Crippen molar-refractivity contribution in [2.45, 2.75) is 25.3 Å². The first-order valence-electron chi connectivity index (χ1n) is 14.6. The van der Waals surface area contributed by atoms with Crippen LogP contribution in [-0.4, -0.2) is 63.9 Å². The highest BCUT2D eigenvalue weighted by atomic mass is 15.4. The van der Waals surface area contributed by atoms with Crippen LogP contribution in [0.4, 0.5) is 11.8 Å². The molecule has 40 heavy (non-hydrogen) atoms. The van der Waals surface area contributed by atoms with Crippen LogP contribution in [0.1, 0.15) is 36.4 Å². The van der Waals surface area contributed by atoms with Crippen LogP contribution in [0, 0.1) is 0 Å². The van der Waals surface area contributed by atoms with E-state index < -0.39 is 0 Å². The predicted molar refractivity (Wildman–Crippen MR) is 160 cm³/mol. The van der Waals surface area contributed by atoms with Crippen molar-refractivity contribution in [3.8, 4) is 16.8 Å². The summed E-state index contributed by atoms with van der Waals surface area (Å²) in [7, 11) is 0. The SMILES string of the molecule is c1ccc(-n2ncc3c(N4CCN(C5c6ccccc6-c6ccccc65)CC4)nc(N4CCCCC4)nc32)cc1. The fourth-order valence-corrected chi connectivity index (χ4v) is 6.83. The largest absolute Gasteiger partial charge is 0.353 e. The minimum absolute atomic E-state index is 0.310. The van der Waals surface area contributed by atoms with Crippen LogP contribution in [0.25, 0.3) is 27.8 Å². The van der Waals surface area contributed by atoms with Gasteiger partial charge in [-0.1, -0.05) is 66.7 Å². The lowest BCUT2D eigenvalue weighted by Crippen LogP contribution is -2.48. The van der Waals surface area contributed by atoms with Gasteiger partial charge >= 0.3 is 0 Å². The van der Waals surface area contributed by atoms with Gasteiger partial charge in [-0.05, 0) is 53.6 Å². The minimum atomic E-state index is 0.310. The van der Waals surface area contributed by atoms with Gasteiger partial charge in [0.05, 0.1) is 23.3 Å². The normalized spacial score (nSPS) is 17.8. The van der Waals surface area contributed by atoms with E-state index in [-0.39, 0.29) is 0 Å². The van der Waals surface area contributed by atoms with E-state index in [4.69, 9.17) is 15.1 Å². The number of nitrogens with zero attached hydrogens (tertiary/aromatic N) is 7. The van der Waals surface area contributed by atoms with Crippen molar-refractivity contribution in [3.05, 3.63) is 96.2 Å². The summed E-state index contributed by atoms with van der Waals surface area (Å²) in [4.78, 5) is 17.8. The van der Waals surface area contributed by atoms with E-state index >= 15 is 0 Å². The Bertz CT molecular complexity index is 1620. The third kappa shape index (κ3) is 3.87. The number of benzene rings is 3. The van der Waals surface area contributed by atoms with Gasteiger partial charge in [-0.2, -0.15) is 15.1 Å². The molecule has 3 aliphatic rings. The van der Waals surface area contributed by atoms with Gasteiger partial charge in [0.2, 0.25) is 5.95 Å². The van der Waals surface area contributed by atoms with Crippen LogP contribution < -0.4 is 9.80 Å². The van der Waals surface area contributed by atoms with Gasteiger partial charge < -0.3 is 9.80 Å². The van der Waals surface area contributed by atoms with Gasteiger partial charge in [-0.3, -0.25) is 4.90 Å². The first kappa shape index (κ1) is 23.6. The number of hydrogen-bond acceptors (Lipinski definition) is 6. The number of piperazine rings is 1. The molecule has 0 spiro atoms. The first-order valence-corrected chi connectivity index (χ1v) is 14.6. The van der Waals surface area contributed by atoms with Gasteiger partial charge in [0.25, 0.3) is 0 Å². The van der Waals surface area contributed by atoms with Crippen LogP contribution >= 0.6 is 0 Å². The van der Waals surface area contributed by atoms with Crippen LogP contribution in [0.3, 0.4) is 0 Å². The maximum absolute atomic E-state index is 5.22. The van der Waals surface area contributed by atoms with Gasteiger partial charge in [0.1, 0.15) is 5.82 Å². The van der Waals surface area contributed by atoms with E-state index in [0.717, 1.165) is 67.8 Å². The molecule has 2 saturated heterocycles. The fraction of sp³-hybridized carbons (Fsp3) is 0.303. The molecule has 8 rings (SSSR count). The Hall–Kier alpha value is -4.23. The lowest BCUT2D eigenvalue weighted by atomic mass is 10.0. The highest BCUT2D eigenvalue weighted by molar-refractivity contribution is 5.89. The molecule has 2 aromatic heterocycles. The molecule has 200 valence electrons. The summed E-state index contributed by atoms with van der Waals surface area (Å²) in [6.07, 6.45) is 5.62. The van der Waals surface area contributed by atoms with Crippen molar-refractivity contribution >= 4 is 22.8 Å². The quantitative estimate of drug-likeness (QED) is 0.299. The Kier molecular flexibility index (Phi) is 5.76. The number of rotatable bonds is 4. The van der Waals surface area contributed by atoms with Gasteiger partial charge in [-0.25, -0.2) is 4.68 Å². The van der Waals surface area contributed by atoms with E-state index in [1.165, 1.54) is 41.5 Å². The summed E-state index contributed by atoms with van der Waals surface area (Å²) >= 11 is 0. The molecule has 5 aromatic rings. The lowest BCUT2D eigenvalue weighted by Gasteiger charge is -2.39. The monoisotopic (exact) mass is 527 g/mol. The molecule has 0 atom stereocenters. The second-order valence-electron chi connectivity index (χ2n) is 11.1. The van der Waals surface area contributed by atoms with Crippen molar-refractivity contribution < 1.29 is 0 Å². The Balaban J connectivity index is 1.14. The molecule has 4 heterocycles. The molecule has 3 aromatic carbocycles. The van der Waals surface area contributed by atoms with Crippen molar-refractivity contribution in [2.24, 2.45) is 0 Å². The standard InChI is InChI=1S/C33H33N7/c1-3-11-24(12-4-1)40-32-29(23-34-40)31(35-33(36-32)39-17-9-2-10-18-39)38-21-19-37(20-22-38)30-27-15-7-5-13-25(27)26-14-6-8-16-28(26)30/h1,3-8,11-16,23,30H,2,9-10,17-22H2. The number of anilines is 2. The molecule has 0 saturated carbocycles. The zero-order valence-corrected chi connectivity index (χ0v) is 22.7. The van der Waals surface area contributed by atoms with Gasteiger partial charge in [0.15, 0.2) is 5.65 Å². The maximum atomic E-state index is 5.22. The van der Waals surface area contributed by atoms with Gasteiger partial charge in [0, 0.05) is 39.3 Å². The molecule has 2 aliphatic heterocycles. The molecular formula is C33H33N7. The Labute approximate surface area is 234 Å². The predicted octanol–water partition coefficient (Wildman–Crippen LogP) is 5.70. The Morgan fingerprint density at radius 3 is 1.95 bits per heavy atom. The maximum Gasteiger partial charge on any atom is 0.229 e. The van der Waals surface area contributed by atoms with Crippen LogP contribution in [0.15, 0.2) is 85.1 Å². The van der Waals surface area contributed by atoms with E-state index in [2.05, 4.69) is 87.5 Å². The van der Waals surface area contributed by atoms with Crippen molar-refractivity contribution in [3.63, 3.8) is 0 Å². The summed E-state index contributed by atoms with van der Waals surface area (Å²) < 4.78 is 1.97. The first-order chi connectivity index (χ1) is 19.8. The number of hydrogen-bond donors (Lipinski definition) is 0. The van der Waals surface area contributed by atoms with Crippen LogP contribution in [0.5, 0.6) is 0 Å². The zero-order chi connectivity index (χ0) is 26.5. The summed E-state index contributed by atoms with van der Waals surface area (Å²) in [5.74, 6) is 1.85. The third-order valence-corrected chi connectivity index (χ3v) is 8.82. The number of para-hydroxylation sites is 1. The summed E-state index contributed by atoms with van der Waals surface area (Å²) in [6, 6.07) is 28.5. The lowest BCUT2D eigenvalue weighted by molar-refractivity contribution is 0.215. The average Bonchev–Trinajstić information content (AvgIpc) is 3.61. The average molecular weight is 528 g/mol. The fourth-order valence-electron chi connectivity index (χ4n) is 6.83. The minimum Gasteiger partial charge on any atom is -0.353 e. The van der Waals surface area contributed by atoms with E-state index in [1.54, 1.807) is 0 Å². The molecular weight excluding hydrogens is 494 g/mol.